The smallest absolute Gasteiger partial charge is 0.231 e. The summed E-state index contributed by atoms with van der Waals surface area (Å²) in [5, 5.41) is 0. The fourth-order valence-electron chi connectivity index (χ4n) is 5.97. The van der Waals surface area contributed by atoms with E-state index in [-0.39, 0.29) is 6.10 Å². The maximum Gasteiger partial charge on any atom is 0.231 e. The van der Waals surface area contributed by atoms with Crippen LogP contribution >= 0.6 is 0 Å². The standard InChI is InChI=1S/C27H39N5O3/c1-31-14-12-27(19-31)10-5-22(6-11-27)35-24-17-21(3-4-23(24)33-2)32(18-20-8-15-34-16-9-20)26-29-13-7-25(28)30-26/h3-4,7,13,17,20,22H,5-6,8-12,14-16,18-19H2,1-2H3,(H2,28,29,30). The van der Waals surface area contributed by atoms with Crippen molar-refractivity contribution in [2.24, 2.45) is 11.3 Å². The molecule has 1 aliphatic carbocycles. The number of anilines is 3. The lowest BCUT2D eigenvalue weighted by atomic mass is 9.72. The Hall–Kier alpha value is -2.58. The molecule has 1 saturated carbocycles. The van der Waals surface area contributed by atoms with Crippen molar-refractivity contribution in [2.75, 3.05) is 57.6 Å². The minimum atomic E-state index is 0.211. The number of aromatic nitrogens is 2. The van der Waals surface area contributed by atoms with Gasteiger partial charge < -0.3 is 29.7 Å². The highest BCUT2D eigenvalue weighted by molar-refractivity contribution is 5.63. The zero-order valence-corrected chi connectivity index (χ0v) is 21.1. The second-order valence-electron chi connectivity index (χ2n) is 10.6. The molecular formula is C27H39N5O3. The first kappa shape index (κ1) is 24.1. The molecular weight excluding hydrogens is 442 g/mol. The van der Waals surface area contributed by atoms with Crippen molar-refractivity contribution in [1.29, 1.82) is 0 Å². The first-order valence-corrected chi connectivity index (χ1v) is 13.0. The highest BCUT2D eigenvalue weighted by atomic mass is 16.5. The Kier molecular flexibility index (Phi) is 7.29. The minimum absolute atomic E-state index is 0.211. The van der Waals surface area contributed by atoms with Gasteiger partial charge in [0.25, 0.3) is 0 Å². The van der Waals surface area contributed by atoms with Crippen molar-refractivity contribution < 1.29 is 14.2 Å². The molecule has 35 heavy (non-hydrogen) atoms. The van der Waals surface area contributed by atoms with Gasteiger partial charge in [-0.1, -0.05) is 0 Å². The Bertz CT molecular complexity index is 989. The van der Waals surface area contributed by atoms with Crippen LogP contribution in [0.25, 0.3) is 0 Å². The Balaban J connectivity index is 1.36. The summed E-state index contributed by atoms with van der Waals surface area (Å²) in [6, 6.07) is 7.85. The van der Waals surface area contributed by atoms with Gasteiger partial charge in [-0.2, -0.15) is 4.98 Å². The van der Waals surface area contributed by atoms with Gasteiger partial charge in [0.15, 0.2) is 11.5 Å². The van der Waals surface area contributed by atoms with E-state index in [0.717, 1.165) is 62.6 Å². The van der Waals surface area contributed by atoms with E-state index in [1.165, 1.54) is 32.4 Å². The van der Waals surface area contributed by atoms with Crippen molar-refractivity contribution in [3.63, 3.8) is 0 Å². The van der Waals surface area contributed by atoms with Gasteiger partial charge in [0.1, 0.15) is 5.82 Å². The maximum absolute atomic E-state index is 6.60. The molecule has 0 bridgehead atoms. The van der Waals surface area contributed by atoms with Gasteiger partial charge in [0.05, 0.1) is 13.2 Å². The van der Waals surface area contributed by atoms with Crippen LogP contribution in [0.4, 0.5) is 17.5 Å². The van der Waals surface area contributed by atoms with Crippen molar-refractivity contribution >= 4 is 17.5 Å². The van der Waals surface area contributed by atoms with Gasteiger partial charge in [-0.05, 0) is 88.1 Å². The predicted octanol–water partition coefficient (Wildman–Crippen LogP) is 4.28. The molecule has 0 radical (unpaired) electrons. The molecule has 2 saturated heterocycles. The monoisotopic (exact) mass is 481 g/mol. The lowest BCUT2D eigenvalue weighted by molar-refractivity contribution is 0.0687. The van der Waals surface area contributed by atoms with E-state index in [0.29, 0.717) is 23.1 Å². The van der Waals surface area contributed by atoms with Crippen LogP contribution in [-0.2, 0) is 4.74 Å². The Morgan fingerprint density at radius 3 is 2.60 bits per heavy atom. The molecule has 8 nitrogen and oxygen atoms in total. The van der Waals surface area contributed by atoms with Gasteiger partial charge in [0.2, 0.25) is 5.95 Å². The summed E-state index contributed by atoms with van der Waals surface area (Å²) in [7, 11) is 3.94. The average Bonchev–Trinajstić information content (AvgIpc) is 3.24. The first-order valence-electron chi connectivity index (χ1n) is 13.0. The molecule has 0 amide bonds. The fourth-order valence-corrected chi connectivity index (χ4v) is 5.97. The van der Waals surface area contributed by atoms with Crippen molar-refractivity contribution in [1.82, 2.24) is 14.9 Å². The lowest BCUT2D eigenvalue weighted by Gasteiger charge is -2.37. The van der Waals surface area contributed by atoms with Crippen molar-refractivity contribution in [3.05, 3.63) is 30.5 Å². The number of hydrogen-bond donors (Lipinski definition) is 1. The van der Waals surface area contributed by atoms with Gasteiger partial charge >= 0.3 is 0 Å². The quantitative estimate of drug-likeness (QED) is 0.627. The molecule has 0 unspecified atom stereocenters. The number of benzene rings is 1. The molecule has 2 N–H and O–H groups in total. The summed E-state index contributed by atoms with van der Waals surface area (Å²) in [6.07, 6.45) is 9.94. The molecule has 2 aliphatic heterocycles. The van der Waals surface area contributed by atoms with Gasteiger partial charge in [-0.15, -0.1) is 0 Å². The number of rotatable bonds is 7. The van der Waals surface area contributed by atoms with Crippen LogP contribution in [-0.4, -0.2) is 68.0 Å². The van der Waals surface area contributed by atoms with Crippen molar-refractivity contribution in [2.45, 2.75) is 51.0 Å². The lowest BCUT2D eigenvalue weighted by Crippen LogP contribution is -2.34. The highest BCUT2D eigenvalue weighted by Gasteiger charge is 2.40. The van der Waals surface area contributed by atoms with E-state index in [4.69, 9.17) is 19.9 Å². The summed E-state index contributed by atoms with van der Waals surface area (Å²) >= 11 is 0. The Morgan fingerprint density at radius 1 is 1.11 bits per heavy atom. The van der Waals surface area contributed by atoms with Gasteiger partial charge in [-0.3, -0.25) is 0 Å². The number of ether oxygens (including phenoxy) is 3. The highest BCUT2D eigenvalue weighted by Crippen LogP contribution is 2.45. The molecule has 1 spiro atoms. The van der Waals surface area contributed by atoms with Gasteiger partial charge in [0, 0.05) is 44.3 Å². The van der Waals surface area contributed by atoms with E-state index in [9.17, 15) is 0 Å². The molecule has 2 aromatic rings. The van der Waals surface area contributed by atoms with Crippen LogP contribution in [0.1, 0.15) is 44.9 Å². The largest absolute Gasteiger partial charge is 0.493 e. The van der Waals surface area contributed by atoms with E-state index in [2.05, 4.69) is 38.9 Å². The van der Waals surface area contributed by atoms with Crippen LogP contribution in [0.15, 0.2) is 30.5 Å². The van der Waals surface area contributed by atoms with Gasteiger partial charge in [-0.25, -0.2) is 4.98 Å². The van der Waals surface area contributed by atoms with E-state index < -0.39 is 0 Å². The number of nitrogens with two attached hydrogens (primary N) is 1. The average molecular weight is 482 g/mol. The number of nitrogen functional groups attached to an aromatic ring is 1. The zero-order valence-electron chi connectivity index (χ0n) is 21.1. The summed E-state index contributed by atoms with van der Waals surface area (Å²) in [5.74, 6) is 3.12. The normalized spacial score (nSPS) is 25.6. The maximum atomic E-state index is 6.60. The van der Waals surface area contributed by atoms with Crippen LogP contribution in [0, 0.1) is 11.3 Å². The van der Waals surface area contributed by atoms with E-state index in [1.807, 2.05) is 6.07 Å². The van der Waals surface area contributed by atoms with Crippen LogP contribution in [0.3, 0.4) is 0 Å². The number of likely N-dealkylation sites (tertiary alicyclic amines) is 1. The summed E-state index contributed by atoms with van der Waals surface area (Å²) in [6.45, 7) is 4.84. The molecule has 3 aliphatic rings. The molecule has 5 rings (SSSR count). The second kappa shape index (κ2) is 10.6. The van der Waals surface area contributed by atoms with Crippen LogP contribution < -0.4 is 20.1 Å². The fraction of sp³-hybridized carbons (Fsp3) is 0.630. The molecule has 8 heteroatoms. The summed E-state index contributed by atoms with van der Waals surface area (Å²) in [4.78, 5) is 13.7. The van der Waals surface area contributed by atoms with E-state index in [1.54, 1.807) is 19.4 Å². The van der Waals surface area contributed by atoms with Crippen LogP contribution in [0.5, 0.6) is 11.5 Å². The van der Waals surface area contributed by atoms with Crippen molar-refractivity contribution in [3.8, 4) is 11.5 Å². The SMILES string of the molecule is COc1ccc(N(CC2CCOCC2)c2nccc(N)n2)cc1OC1CCC2(CC1)CCN(C)C2. The zero-order chi connectivity index (χ0) is 24.3. The Morgan fingerprint density at radius 2 is 1.91 bits per heavy atom. The molecule has 190 valence electrons. The Labute approximate surface area is 208 Å². The van der Waals surface area contributed by atoms with Crippen LogP contribution in [0.2, 0.25) is 0 Å². The predicted molar refractivity (Wildman–Crippen MR) is 137 cm³/mol. The van der Waals surface area contributed by atoms with E-state index >= 15 is 0 Å². The third-order valence-corrected chi connectivity index (χ3v) is 8.06. The molecule has 1 aromatic heterocycles. The minimum Gasteiger partial charge on any atom is -0.493 e. The number of nitrogens with zero attached hydrogens (tertiary/aromatic N) is 4. The summed E-state index contributed by atoms with van der Waals surface area (Å²) < 4.78 is 17.9. The summed E-state index contributed by atoms with van der Waals surface area (Å²) in [5.41, 5.74) is 7.50. The topological polar surface area (TPSA) is 86.0 Å². The first-order chi connectivity index (χ1) is 17.0. The third-order valence-electron chi connectivity index (χ3n) is 8.06. The molecule has 3 fully saturated rings. The molecule has 0 atom stereocenters. The molecule has 1 aromatic carbocycles. The number of methoxy groups -OCH3 is 1. The number of hydrogen-bond acceptors (Lipinski definition) is 8. The molecule has 3 heterocycles. The third kappa shape index (κ3) is 5.64. The second-order valence-corrected chi connectivity index (χ2v) is 10.6.